The summed E-state index contributed by atoms with van der Waals surface area (Å²) in [4.78, 5) is 4.68. The van der Waals surface area contributed by atoms with Crippen LogP contribution in [0.4, 0.5) is 5.69 Å². The van der Waals surface area contributed by atoms with E-state index in [9.17, 15) is 0 Å². The second-order valence-corrected chi connectivity index (χ2v) is 9.78. The molecule has 176 valence electrons. The summed E-state index contributed by atoms with van der Waals surface area (Å²) >= 11 is 18.1. The molecule has 1 aromatic carbocycles. The monoisotopic (exact) mass is 505 g/mol. The van der Waals surface area contributed by atoms with Gasteiger partial charge in [0, 0.05) is 61.6 Å². The van der Waals surface area contributed by atoms with Crippen molar-refractivity contribution in [1.82, 2.24) is 29.4 Å². The fourth-order valence-corrected chi connectivity index (χ4v) is 4.94. The summed E-state index contributed by atoms with van der Waals surface area (Å²) in [6.45, 7) is 11.3. The quantitative estimate of drug-likeness (QED) is 0.518. The average Bonchev–Trinajstić information content (AvgIpc) is 3.22. The molecule has 0 unspecified atom stereocenters. The first-order valence-corrected chi connectivity index (χ1v) is 12.1. The molecule has 0 saturated carbocycles. The lowest BCUT2D eigenvalue weighted by Gasteiger charge is -2.36. The van der Waals surface area contributed by atoms with Crippen LogP contribution < -0.4 is 5.32 Å². The molecule has 1 aliphatic heterocycles. The van der Waals surface area contributed by atoms with Crippen LogP contribution in [0.1, 0.15) is 28.2 Å². The Morgan fingerprint density at radius 3 is 2.36 bits per heavy atom. The van der Waals surface area contributed by atoms with Crippen LogP contribution in [0, 0.1) is 20.8 Å². The van der Waals surface area contributed by atoms with E-state index in [1.54, 1.807) is 6.07 Å². The number of nitrogens with zero attached hydrogens (tertiary/aromatic N) is 6. The molecular weight excluding hydrogens is 477 g/mol. The Morgan fingerprint density at radius 2 is 1.73 bits per heavy atom. The lowest BCUT2D eigenvalue weighted by molar-refractivity contribution is 0.176. The van der Waals surface area contributed by atoms with Gasteiger partial charge in [0.05, 0.1) is 29.3 Å². The van der Waals surface area contributed by atoms with Gasteiger partial charge in [-0.05, 0) is 50.7 Å². The first-order valence-electron chi connectivity index (χ1n) is 11.0. The lowest BCUT2D eigenvalue weighted by atomic mass is 10.2. The lowest BCUT2D eigenvalue weighted by Crippen LogP contribution is -2.49. The summed E-state index contributed by atoms with van der Waals surface area (Å²) in [7, 11) is 1.97. The van der Waals surface area contributed by atoms with E-state index >= 15 is 0 Å². The molecule has 7 nitrogen and oxygen atoms in total. The Morgan fingerprint density at radius 1 is 1.00 bits per heavy atom. The van der Waals surface area contributed by atoms with E-state index in [1.165, 1.54) is 5.56 Å². The van der Waals surface area contributed by atoms with Crippen molar-refractivity contribution in [1.29, 1.82) is 0 Å². The standard InChI is InChI=1S/C23H29Cl2N7S/c1-15-19(12-29(4)27-15)13-30-7-9-31(10-8-30)23(33)26-22-16(2)28-32(17(22)3)14-18-5-6-20(24)11-21(18)25/h5-6,11-12H,7-10,13-14H2,1-4H3,(H,26,33). The third-order valence-electron chi connectivity index (χ3n) is 6.12. The molecular formula is C23H29Cl2N7S. The minimum Gasteiger partial charge on any atom is -0.346 e. The molecule has 1 fully saturated rings. The van der Waals surface area contributed by atoms with Gasteiger partial charge in [0.25, 0.3) is 0 Å². The molecule has 33 heavy (non-hydrogen) atoms. The number of halogens is 2. The SMILES string of the molecule is Cc1nn(C)cc1CN1CCN(C(=S)Nc2c(C)nn(Cc3ccc(Cl)cc3Cl)c2C)CC1. The van der Waals surface area contributed by atoms with Gasteiger partial charge in [-0.2, -0.15) is 10.2 Å². The van der Waals surface area contributed by atoms with Gasteiger partial charge in [-0.1, -0.05) is 29.3 Å². The number of piperazine rings is 1. The topological polar surface area (TPSA) is 54.2 Å². The molecule has 1 N–H and O–H groups in total. The molecule has 3 heterocycles. The Labute approximate surface area is 210 Å². The highest BCUT2D eigenvalue weighted by molar-refractivity contribution is 7.80. The normalized spacial score (nSPS) is 14.7. The zero-order valence-electron chi connectivity index (χ0n) is 19.4. The molecule has 4 rings (SSSR count). The maximum absolute atomic E-state index is 6.36. The number of nitrogens with one attached hydrogen (secondary N) is 1. The minimum absolute atomic E-state index is 0.573. The van der Waals surface area contributed by atoms with Crippen LogP contribution in [-0.4, -0.2) is 60.7 Å². The van der Waals surface area contributed by atoms with Crippen molar-refractivity contribution in [3.05, 3.63) is 62.6 Å². The van der Waals surface area contributed by atoms with Gasteiger partial charge in [-0.15, -0.1) is 0 Å². The fraction of sp³-hybridized carbons (Fsp3) is 0.435. The molecule has 0 atom stereocenters. The summed E-state index contributed by atoms with van der Waals surface area (Å²) in [5.74, 6) is 0. The molecule has 10 heteroatoms. The van der Waals surface area contributed by atoms with Crippen molar-refractivity contribution in [3.63, 3.8) is 0 Å². The molecule has 1 aliphatic rings. The van der Waals surface area contributed by atoms with Gasteiger partial charge in [0.1, 0.15) is 0 Å². The Bertz CT molecular complexity index is 1160. The summed E-state index contributed by atoms with van der Waals surface area (Å²) in [6.07, 6.45) is 2.11. The van der Waals surface area contributed by atoms with Crippen LogP contribution >= 0.6 is 35.4 Å². The molecule has 0 amide bonds. The van der Waals surface area contributed by atoms with Crippen molar-refractivity contribution in [2.75, 3.05) is 31.5 Å². The molecule has 3 aromatic rings. The second kappa shape index (κ2) is 10.0. The van der Waals surface area contributed by atoms with Crippen LogP contribution in [-0.2, 0) is 20.1 Å². The zero-order valence-corrected chi connectivity index (χ0v) is 21.7. The van der Waals surface area contributed by atoms with Gasteiger partial charge >= 0.3 is 0 Å². The molecule has 0 bridgehead atoms. The Hall–Kier alpha value is -2.13. The van der Waals surface area contributed by atoms with E-state index in [-0.39, 0.29) is 0 Å². The average molecular weight is 507 g/mol. The van der Waals surface area contributed by atoms with Gasteiger partial charge < -0.3 is 10.2 Å². The van der Waals surface area contributed by atoms with E-state index in [1.807, 2.05) is 42.4 Å². The van der Waals surface area contributed by atoms with E-state index in [0.29, 0.717) is 16.6 Å². The molecule has 0 aliphatic carbocycles. The smallest absolute Gasteiger partial charge is 0.173 e. The highest BCUT2D eigenvalue weighted by Crippen LogP contribution is 2.25. The van der Waals surface area contributed by atoms with Crippen molar-refractivity contribution < 1.29 is 0 Å². The highest BCUT2D eigenvalue weighted by Gasteiger charge is 2.22. The summed E-state index contributed by atoms with van der Waals surface area (Å²) < 4.78 is 3.83. The van der Waals surface area contributed by atoms with Crippen LogP contribution in [0.15, 0.2) is 24.4 Å². The molecule has 2 aromatic heterocycles. The van der Waals surface area contributed by atoms with Crippen LogP contribution in [0.25, 0.3) is 0 Å². The number of thiocarbonyl (C=S) groups is 1. The third kappa shape index (κ3) is 5.51. The van der Waals surface area contributed by atoms with Crippen molar-refractivity contribution >= 4 is 46.2 Å². The fourth-order valence-electron chi connectivity index (χ4n) is 4.18. The number of benzene rings is 1. The number of aromatic nitrogens is 4. The Balaban J connectivity index is 1.36. The number of hydrogen-bond donors (Lipinski definition) is 1. The maximum Gasteiger partial charge on any atom is 0.173 e. The second-order valence-electron chi connectivity index (χ2n) is 8.55. The predicted molar refractivity (Wildman–Crippen MR) is 138 cm³/mol. The summed E-state index contributed by atoms with van der Waals surface area (Å²) in [5, 5.41) is 14.6. The predicted octanol–water partition coefficient (Wildman–Crippen LogP) is 4.41. The number of hydrogen-bond acceptors (Lipinski definition) is 4. The van der Waals surface area contributed by atoms with Crippen LogP contribution in [0.3, 0.4) is 0 Å². The minimum atomic E-state index is 0.573. The van der Waals surface area contributed by atoms with Crippen molar-refractivity contribution in [2.45, 2.75) is 33.9 Å². The van der Waals surface area contributed by atoms with Gasteiger partial charge in [0.2, 0.25) is 0 Å². The van der Waals surface area contributed by atoms with Crippen LogP contribution in [0.5, 0.6) is 0 Å². The van der Waals surface area contributed by atoms with E-state index in [4.69, 9.17) is 40.5 Å². The molecule has 0 radical (unpaired) electrons. The first-order chi connectivity index (χ1) is 15.7. The van der Waals surface area contributed by atoms with E-state index < -0.39 is 0 Å². The Kier molecular flexibility index (Phi) is 7.28. The summed E-state index contributed by atoms with van der Waals surface area (Å²) in [6, 6.07) is 5.54. The number of anilines is 1. The first kappa shape index (κ1) is 24.0. The van der Waals surface area contributed by atoms with E-state index in [0.717, 1.165) is 66.2 Å². The number of rotatable bonds is 5. The third-order valence-corrected chi connectivity index (χ3v) is 7.06. The van der Waals surface area contributed by atoms with Crippen molar-refractivity contribution in [2.24, 2.45) is 7.05 Å². The largest absolute Gasteiger partial charge is 0.346 e. The summed E-state index contributed by atoms with van der Waals surface area (Å²) in [5.41, 5.74) is 6.24. The molecule has 1 saturated heterocycles. The molecule has 0 spiro atoms. The number of aryl methyl sites for hydroxylation is 3. The zero-order chi connectivity index (χ0) is 23.7. The van der Waals surface area contributed by atoms with Gasteiger partial charge in [-0.25, -0.2) is 0 Å². The maximum atomic E-state index is 6.36. The highest BCUT2D eigenvalue weighted by atomic mass is 35.5. The van der Waals surface area contributed by atoms with E-state index in [2.05, 4.69) is 33.3 Å². The van der Waals surface area contributed by atoms with Crippen molar-refractivity contribution in [3.8, 4) is 0 Å². The van der Waals surface area contributed by atoms with Crippen LogP contribution in [0.2, 0.25) is 10.0 Å². The van der Waals surface area contributed by atoms with Gasteiger partial charge in [-0.3, -0.25) is 14.3 Å². The van der Waals surface area contributed by atoms with Gasteiger partial charge in [0.15, 0.2) is 5.11 Å².